The maximum atomic E-state index is 11.1. The van der Waals surface area contributed by atoms with Gasteiger partial charge in [-0.15, -0.1) is 0 Å². The first kappa shape index (κ1) is 12.0. The first-order chi connectivity index (χ1) is 7.11. The maximum absolute atomic E-state index is 11.1. The summed E-state index contributed by atoms with van der Waals surface area (Å²) in [6.07, 6.45) is 5.68. The van der Waals surface area contributed by atoms with Crippen molar-refractivity contribution in [1.82, 2.24) is 5.32 Å². The summed E-state index contributed by atoms with van der Waals surface area (Å²) in [5.74, 6) is -1.32. The van der Waals surface area contributed by atoms with E-state index in [0.717, 1.165) is 32.1 Å². The molecule has 1 aliphatic rings. The zero-order valence-electron chi connectivity index (χ0n) is 9.16. The normalized spacial score (nSPS) is 27.5. The number of carbonyl (C=O) groups is 2. The molecule has 4 nitrogen and oxygen atoms in total. The number of nitrogens with one attached hydrogen (secondary N) is 1. The number of carbonyl (C=O) groups excluding carboxylic acids is 1. The summed E-state index contributed by atoms with van der Waals surface area (Å²) in [4.78, 5) is 22.0. The van der Waals surface area contributed by atoms with Gasteiger partial charge >= 0.3 is 5.97 Å². The largest absolute Gasteiger partial charge is 0.481 e. The fraction of sp³-hybridized carbons (Fsp3) is 0.818. The van der Waals surface area contributed by atoms with E-state index in [1.807, 2.05) is 0 Å². The fourth-order valence-electron chi connectivity index (χ4n) is 2.21. The van der Waals surface area contributed by atoms with Crippen LogP contribution in [0.5, 0.6) is 0 Å². The van der Waals surface area contributed by atoms with Gasteiger partial charge < -0.3 is 10.4 Å². The van der Waals surface area contributed by atoms with Crippen LogP contribution in [0.15, 0.2) is 0 Å². The minimum atomic E-state index is -0.782. The number of aliphatic carboxylic acids is 1. The van der Waals surface area contributed by atoms with E-state index < -0.39 is 11.9 Å². The molecule has 1 aliphatic carbocycles. The third-order valence-corrected chi connectivity index (χ3v) is 2.97. The smallest absolute Gasteiger partial charge is 0.308 e. The standard InChI is InChI=1S/C11H19NO3/c1-8(13)12-10-7-5-3-2-4-6-9(10)11(14)15/h9-10H,2-7H2,1H3,(H,12,13)(H,14,15)/t9-,10+/m0/s1. The topological polar surface area (TPSA) is 66.4 Å². The summed E-state index contributed by atoms with van der Waals surface area (Å²) >= 11 is 0. The Labute approximate surface area is 90.0 Å². The SMILES string of the molecule is CC(=O)N[C@@H]1CCCCCC[C@@H]1C(=O)O. The number of hydrogen-bond acceptors (Lipinski definition) is 2. The minimum absolute atomic E-state index is 0.133. The van der Waals surface area contributed by atoms with Crippen molar-refractivity contribution in [3.05, 3.63) is 0 Å². The second kappa shape index (κ2) is 5.73. The van der Waals surface area contributed by atoms with E-state index in [9.17, 15) is 9.59 Å². The van der Waals surface area contributed by atoms with Crippen molar-refractivity contribution >= 4 is 11.9 Å². The van der Waals surface area contributed by atoms with E-state index in [1.54, 1.807) is 0 Å². The van der Waals surface area contributed by atoms with Crippen molar-refractivity contribution in [3.63, 3.8) is 0 Å². The van der Waals surface area contributed by atoms with Crippen LogP contribution in [-0.2, 0) is 9.59 Å². The van der Waals surface area contributed by atoms with Crippen LogP contribution in [0.4, 0.5) is 0 Å². The summed E-state index contributed by atoms with van der Waals surface area (Å²) in [6, 6.07) is -0.180. The molecular weight excluding hydrogens is 194 g/mol. The molecule has 0 aromatic heterocycles. The summed E-state index contributed by atoms with van der Waals surface area (Å²) in [6.45, 7) is 1.44. The van der Waals surface area contributed by atoms with Crippen LogP contribution >= 0.6 is 0 Å². The zero-order valence-corrected chi connectivity index (χ0v) is 9.16. The van der Waals surface area contributed by atoms with Gasteiger partial charge in [0.25, 0.3) is 0 Å². The molecule has 1 amide bonds. The van der Waals surface area contributed by atoms with E-state index in [1.165, 1.54) is 6.92 Å². The molecule has 0 heterocycles. The second-order valence-electron chi connectivity index (χ2n) is 4.24. The highest BCUT2D eigenvalue weighted by Crippen LogP contribution is 2.23. The molecule has 0 aromatic carbocycles. The Morgan fingerprint density at radius 1 is 1.13 bits per heavy atom. The molecule has 0 aliphatic heterocycles. The highest BCUT2D eigenvalue weighted by Gasteiger charge is 2.28. The zero-order chi connectivity index (χ0) is 11.3. The Hall–Kier alpha value is -1.06. The highest BCUT2D eigenvalue weighted by molar-refractivity contribution is 5.76. The van der Waals surface area contributed by atoms with Crippen LogP contribution in [0.25, 0.3) is 0 Å². The van der Waals surface area contributed by atoms with E-state index in [-0.39, 0.29) is 11.9 Å². The van der Waals surface area contributed by atoms with E-state index >= 15 is 0 Å². The minimum Gasteiger partial charge on any atom is -0.481 e. The lowest BCUT2D eigenvalue weighted by molar-refractivity contribution is -0.143. The highest BCUT2D eigenvalue weighted by atomic mass is 16.4. The molecule has 1 fully saturated rings. The van der Waals surface area contributed by atoms with Crippen LogP contribution in [-0.4, -0.2) is 23.0 Å². The van der Waals surface area contributed by atoms with Crippen molar-refractivity contribution in [2.75, 3.05) is 0 Å². The molecule has 0 bridgehead atoms. The van der Waals surface area contributed by atoms with E-state index in [4.69, 9.17) is 5.11 Å². The Morgan fingerprint density at radius 2 is 1.73 bits per heavy atom. The molecule has 1 saturated carbocycles. The Balaban J connectivity index is 2.64. The second-order valence-corrected chi connectivity index (χ2v) is 4.24. The molecule has 2 N–H and O–H groups in total. The molecule has 15 heavy (non-hydrogen) atoms. The molecule has 0 saturated heterocycles. The third-order valence-electron chi connectivity index (χ3n) is 2.97. The van der Waals surface area contributed by atoms with Gasteiger partial charge in [-0.05, 0) is 12.8 Å². The summed E-state index contributed by atoms with van der Waals surface area (Å²) in [7, 11) is 0. The van der Waals surface area contributed by atoms with Gasteiger partial charge in [-0.25, -0.2) is 0 Å². The van der Waals surface area contributed by atoms with Crippen molar-refractivity contribution < 1.29 is 14.7 Å². The van der Waals surface area contributed by atoms with E-state index in [2.05, 4.69) is 5.32 Å². The quantitative estimate of drug-likeness (QED) is 0.731. The predicted octanol–water partition coefficient (Wildman–Crippen LogP) is 1.55. The van der Waals surface area contributed by atoms with Gasteiger partial charge in [0, 0.05) is 13.0 Å². The van der Waals surface area contributed by atoms with Gasteiger partial charge in [-0.1, -0.05) is 25.7 Å². The fourth-order valence-corrected chi connectivity index (χ4v) is 2.21. The van der Waals surface area contributed by atoms with Gasteiger partial charge in [-0.2, -0.15) is 0 Å². The van der Waals surface area contributed by atoms with Gasteiger partial charge in [-0.3, -0.25) is 9.59 Å². The van der Waals surface area contributed by atoms with Gasteiger partial charge in [0.2, 0.25) is 5.91 Å². The van der Waals surface area contributed by atoms with Crippen LogP contribution in [0.2, 0.25) is 0 Å². The predicted molar refractivity (Wildman–Crippen MR) is 56.4 cm³/mol. The van der Waals surface area contributed by atoms with Crippen LogP contribution in [0.3, 0.4) is 0 Å². The Kier molecular flexibility index (Phi) is 4.59. The van der Waals surface area contributed by atoms with Crippen LogP contribution in [0, 0.1) is 5.92 Å². The number of rotatable bonds is 2. The third kappa shape index (κ3) is 3.90. The summed E-state index contributed by atoms with van der Waals surface area (Å²) in [5.41, 5.74) is 0. The molecule has 0 aromatic rings. The first-order valence-electron chi connectivity index (χ1n) is 5.61. The summed E-state index contributed by atoms with van der Waals surface area (Å²) < 4.78 is 0. The average molecular weight is 213 g/mol. The molecule has 0 unspecified atom stereocenters. The van der Waals surface area contributed by atoms with Crippen molar-refractivity contribution in [2.24, 2.45) is 5.92 Å². The van der Waals surface area contributed by atoms with E-state index in [0.29, 0.717) is 6.42 Å². The molecule has 86 valence electrons. The molecule has 0 spiro atoms. The molecule has 4 heteroatoms. The lowest BCUT2D eigenvalue weighted by Crippen LogP contribution is -2.43. The monoisotopic (exact) mass is 213 g/mol. The van der Waals surface area contributed by atoms with Crippen LogP contribution in [0.1, 0.15) is 45.4 Å². The lowest BCUT2D eigenvalue weighted by atomic mass is 9.87. The number of carboxylic acid groups (broad SMARTS) is 1. The van der Waals surface area contributed by atoms with Crippen molar-refractivity contribution in [1.29, 1.82) is 0 Å². The number of hydrogen-bond donors (Lipinski definition) is 2. The molecule has 0 radical (unpaired) electrons. The van der Waals surface area contributed by atoms with Crippen molar-refractivity contribution in [2.45, 2.75) is 51.5 Å². The Bertz CT molecular complexity index is 240. The van der Waals surface area contributed by atoms with Gasteiger partial charge in [0.1, 0.15) is 0 Å². The first-order valence-corrected chi connectivity index (χ1v) is 5.61. The maximum Gasteiger partial charge on any atom is 0.308 e. The van der Waals surface area contributed by atoms with Gasteiger partial charge in [0.15, 0.2) is 0 Å². The van der Waals surface area contributed by atoms with Crippen molar-refractivity contribution in [3.8, 4) is 0 Å². The summed E-state index contributed by atoms with van der Waals surface area (Å²) in [5, 5.41) is 11.8. The Morgan fingerprint density at radius 3 is 2.27 bits per heavy atom. The number of carboxylic acids is 1. The van der Waals surface area contributed by atoms with Crippen LogP contribution < -0.4 is 5.32 Å². The van der Waals surface area contributed by atoms with Gasteiger partial charge in [0.05, 0.1) is 5.92 Å². The average Bonchev–Trinajstić information content (AvgIpc) is 2.08. The molecule has 2 atom stereocenters. The lowest BCUT2D eigenvalue weighted by Gasteiger charge is -2.26. The number of amides is 1. The molecular formula is C11H19NO3. The molecule has 1 rings (SSSR count).